The van der Waals surface area contributed by atoms with Gasteiger partial charge in [0.1, 0.15) is 5.52 Å². The van der Waals surface area contributed by atoms with Crippen LogP contribution in [0.3, 0.4) is 0 Å². The zero-order valence-electron chi connectivity index (χ0n) is 12.2. The largest absolute Gasteiger partial charge is 0.369 e. The average Bonchev–Trinajstić information content (AvgIpc) is 2.69. The van der Waals surface area contributed by atoms with Crippen molar-refractivity contribution in [1.29, 1.82) is 0 Å². The fourth-order valence-corrected chi connectivity index (χ4v) is 3.41. The molecule has 0 saturated heterocycles. The Labute approximate surface area is 126 Å². The summed E-state index contributed by atoms with van der Waals surface area (Å²) in [6.07, 6.45) is 3.50. The number of aryl methyl sites for hydroxylation is 1. The minimum absolute atomic E-state index is 0.0416. The average molecular weight is 329 g/mol. The number of rotatable bonds is 5. The number of sulfone groups is 1. The molecule has 2 unspecified atom stereocenters. The summed E-state index contributed by atoms with van der Waals surface area (Å²) in [7, 11) is -4.26. The van der Waals surface area contributed by atoms with Gasteiger partial charge in [-0.3, -0.25) is 4.21 Å². The second kappa shape index (κ2) is 5.76. The molecule has 0 radical (unpaired) electrons. The van der Waals surface area contributed by atoms with Crippen LogP contribution in [0.1, 0.15) is 13.3 Å². The molecule has 2 N–H and O–H groups in total. The number of aromatic nitrogens is 2. The van der Waals surface area contributed by atoms with Gasteiger partial charge in [-0.1, -0.05) is 13.0 Å². The number of hydrogen-bond acceptors (Lipinski definition) is 5. The van der Waals surface area contributed by atoms with E-state index in [0.717, 1.165) is 6.26 Å². The molecule has 21 heavy (non-hydrogen) atoms. The van der Waals surface area contributed by atoms with Gasteiger partial charge >= 0.3 is 0 Å². The molecular formula is C13H19N3O3S2. The SMILES string of the molecule is CC(CCn1c(N)nc2c(S(C)(=O)=O)cccc21)S(C)=O. The Morgan fingerprint density at radius 2 is 2.10 bits per heavy atom. The van der Waals surface area contributed by atoms with Crippen molar-refractivity contribution in [3.05, 3.63) is 18.2 Å². The molecule has 0 saturated carbocycles. The first kappa shape index (κ1) is 16.0. The van der Waals surface area contributed by atoms with Crippen LogP contribution in [-0.2, 0) is 27.2 Å². The van der Waals surface area contributed by atoms with E-state index in [2.05, 4.69) is 4.98 Å². The van der Waals surface area contributed by atoms with E-state index in [1.165, 1.54) is 6.07 Å². The molecule has 2 aromatic rings. The number of nitrogens with two attached hydrogens (primary N) is 1. The zero-order chi connectivity index (χ0) is 15.8. The third-order valence-corrected chi connectivity index (χ3v) is 5.99. The maximum Gasteiger partial charge on any atom is 0.201 e. The lowest BCUT2D eigenvalue weighted by atomic mass is 10.3. The van der Waals surface area contributed by atoms with Crippen LogP contribution in [0.25, 0.3) is 11.0 Å². The highest BCUT2D eigenvalue weighted by atomic mass is 32.2. The molecule has 0 spiro atoms. The second-order valence-electron chi connectivity index (χ2n) is 5.12. The summed E-state index contributed by atoms with van der Waals surface area (Å²) in [5.74, 6) is 0.273. The van der Waals surface area contributed by atoms with Crippen LogP contribution in [0.5, 0.6) is 0 Å². The van der Waals surface area contributed by atoms with Gasteiger partial charge in [0.2, 0.25) is 5.95 Å². The maximum atomic E-state index is 11.8. The van der Waals surface area contributed by atoms with E-state index in [1.54, 1.807) is 23.0 Å². The van der Waals surface area contributed by atoms with Crippen LogP contribution < -0.4 is 5.73 Å². The Kier molecular flexibility index (Phi) is 4.38. The standard InChI is InChI=1S/C13H19N3O3S2/c1-9(20(2)17)7-8-16-10-5-4-6-11(21(3,18)19)12(10)15-13(16)14/h4-6,9H,7-8H2,1-3H3,(H2,14,15). The summed E-state index contributed by atoms with van der Waals surface area (Å²) in [5, 5.41) is 0.0416. The zero-order valence-corrected chi connectivity index (χ0v) is 13.9. The quantitative estimate of drug-likeness (QED) is 0.888. The first-order chi connectivity index (χ1) is 9.71. The number of nitrogens with zero attached hydrogens (tertiary/aromatic N) is 2. The fraction of sp³-hybridized carbons (Fsp3) is 0.462. The summed E-state index contributed by atoms with van der Waals surface area (Å²) >= 11 is 0. The van der Waals surface area contributed by atoms with Crippen molar-refractivity contribution in [3.63, 3.8) is 0 Å². The van der Waals surface area contributed by atoms with Crippen LogP contribution in [0.4, 0.5) is 5.95 Å². The summed E-state index contributed by atoms with van der Waals surface area (Å²) in [5.41, 5.74) is 6.99. The Balaban J connectivity index is 2.47. The molecule has 1 aromatic carbocycles. The summed E-state index contributed by atoms with van der Waals surface area (Å²) < 4.78 is 36.8. The Morgan fingerprint density at radius 1 is 1.43 bits per heavy atom. The van der Waals surface area contributed by atoms with Crippen molar-refractivity contribution < 1.29 is 12.6 Å². The Bertz CT molecular complexity index is 796. The second-order valence-corrected chi connectivity index (χ2v) is 8.90. The van der Waals surface area contributed by atoms with Gasteiger partial charge in [0.15, 0.2) is 9.84 Å². The molecule has 0 fully saturated rings. The summed E-state index contributed by atoms with van der Waals surface area (Å²) in [6.45, 7) is 2.46. The first-order valence-electron chi connectivity index (χ1n) is 6.49. The number of anilines is 1. The van der Waals surface area contributed by atoms with E-state index in [0.29, 0.717) is 24.0 Å². The molecule has 1 heterocycles. The van der Waals surface area contributed by atoms with Gasteiger partial charge in [0, 0.05) is 35.1 Å². The third-order valence-electron chi connectivity index (χ3n) is 3.50. The molecule has 8 heteroatoms. The van der Waals surface area contributed by atoms with Gasteiger partial charge in [-0.25, -0.2) is 13.4 Å². The predicted molar refractivity (Wildman–Crippen MR) is 85.4 cm³/mol. The smallest absolute Gasteiger partial charge is 0.201 e. The van der Waals surface area contributed by atoms with Crippen molar-refractivity contribution in [2.75, 3.05) is 18.2 Å². The Morgan fingerprint density at radius 3 is 2.67 bits per heavy atom. The van der Waals surface area contributed by atoms with E-state index in [-0.39, 0.29) is 16.1 Å². The predicted octanol–water partition coefficient (Wildman–Crippen LogP) is 1.18. The molecule has 0 bridgehead atoms. The van der Waals surface area contributed by atoms with Gasteiger partial charge < -0.3 is 10.3 Å². The highest BCUT2D eigenvalue weighted by molar-refractivity contribution is 7.91. The van der Waals surface area contributed by atoms with E-state index >= 15 is 0 Å². The van der Waals surface area contributed by atoms with Crippen LogP contribution in [0.2, 0.25) is 0 Å². The van der Waals surface area contributed by atoms with Gasteiger partial charge in [-0.05, 0) is 18.6 Å². The molecule has 2 rings (SSSR count). The van der Waals surface area contributed by atoms with Crippen LogP contribution in [0, 0.1) is 0 Å². The molecular weight excluding hydrogens is 310 g/mol. The number of fused-ring (bicyclic) bond motifs is 1. The van der Waals surface area contributed by atoms with Gasteiger partial charge in [0.05, 0.1) is 10.4 Å². The van der Waals surface area contributed by atoms with Gasteiger partial charge in [-0.15, -0.1) is 0 Å². The topological polar surface area (TPSA) is 95.1 Å². The van der Waals surface area contributed by atoms with E-state index in [1.807, 2.05) is 6.92 Å². The fourth-order valence-electron chi connectivity index (χ4n) is 2.15. The normalized spacial score (nSPS) is 15.2. The summed E-state index contributed by atoms with van der Waals surface area (Å²) in [6, 6.07) is 5.00. The van der Waals surface area contributed by atoms with Gasteiger partial charge in [-0.2, -0.15) is 0 Å². The molecule has 2 atom stereocenters. The maximum absolute atomic E-state index is 11.8. The van der Waals surface area contributed by atoms with Crippen molar-refractivity contribution in [2.24, 2.45) is 0 Å². The molecule has 1 aromatic heterocycles. The molecule has 0 aliphatic rings. The Hall–Kier alpha value is -1.41. The van der Waals surface area contributed by atoms with E-state index in [4.69, 9.17) is 5.73 Å². The number of nitrogen functional groups attached to an aromatic ring is 1. The lowest BCUT2D eigenvalue weighted by Gasteiger charge is -2.10. The third kappa shape index (κ3) is 3.26. The van der Waals surface area contributed by atoms with Gasteiger partial charge in [0.25, 0.3) is 0 Å². The van der Waals surface area contributed by atoms with Crippen LogP contribution in [0.15, 0.2) is 23.1 Å². The van der Waals surface area contributed by atoms with Crippen molar-refractivity contribution in [3.8, 4) is 0 Å². The summed E-state index contributed by atoms with van der Waals surface area (Å²) in [4.78, 5) is 4.37. The van der Waals surface area contributed by atoms with Crippen molar-refractivity contribution in [1.82, 2.24) is 9.55 Å². The number of imidazole rings is 1. The molecule has 116 valence electrons. The monoisotopic (exact) mass is 329 g/mol. The van der Waals surface area contributed by atoms with Crippen molar-refractivity contribution >= 4 is 37.6 Å². The first-order valence-corrected chi connectivity index (χ1v) is 10.00. The highest BCUT2D eigenvalue weighted by Crippen LogP contribution is 2.25. The lowest BCUT2D eigenvalue weighted by molar-refractivity contribution is 0.602. The number of benzene rings is 1. The minimum atomic E-state index is -3.36. The van der Waals surface area contributed by atoms with E-state index < -0.39 is 20.6 Å². The van der Waals surface area contributed by atoms with E-state index in [9.17, 15) is 12.6 Å². The lowest BCUT2D eigenvalue weighted by Crippen LogP contribution is -2.14. The molecule has 6 nitrogen and oxygen atoms in total. The number of para-hydroxylation sites is 1. The van der Waals surface area contributed by atoms with Crippen LogP contribution in [-0.4, -0.2) is 39.9 Å². The minimum Gasteiger partial charge on any atom is -0.369 e. The van der Waals surface area contributed by atoms with Crippen LogP contribution >= 0.6 is 0 Å². The molecule has 0 aliphatic heterocycles. The molecule has 0 aliphatic carbocycles. The number of hydrogen-bond donors (Lipinski definition) is 1. The highest BCUT2D eigenvalue weighted by Gasteiger charge is 2.18. The van der Waals surface area contributed by atoms with Crippen molar-refractivity contribution in [2.45, 2.75) is 30.0 Å². The molecule has 0 amide bonds.